The highest BCUT2D eigenvalue weighted by Crippen LogP contribution is 2.36. The van der Waals surface area contributed by atoms with E-state index in [-0.39, 0.29) is 0 Å². The van der Waals surface area contributed by atoms with Crippen LogP contribution in [0.2, 0.25) is 0 Å². The van der Waals surface area contributed by atoms with Crippen LogP contribution in [0.3, 0.4) is 0 Å². The molecule has 2 aromatic carbocycles. The van der Waals surface area contributed by atoms with E-state index in [2.05, 4.69) is 4.98 Å². The maximum Gasteiger partial charge on any atom is 0.337 e. The molecule has 4 rings (SSSR count). The van der Waals surface area contributed by atoms with Crippen molar-refractivity contribution in [2.24, 2.45) is 0 Å². The van der Waals surface area contributed by atoms with Crippen molar-refractivity contribution in [1.29, 1.82) is 0 Å². The fourth-order valence-electron chi connectivity index (χ4n) is 2.97. The van der Waals surface area contributed by atoms with E-state index in [1.54, 1.807) is 31.5 Å². The largest absolute Gasteiger partial charge is 0.497 e. The Labute approximate surface area is 153 Å². The highest BCUT2D eigenvalue weighted by atomic mass is 32.1. The van der Waals surface area contributed by atoms with Crippen LogP contribution >= 0.6 is 11.3 Å². The molecule has 0 amide bonds. The van der Waals surface area contributed by atoms with Crippen molar-refractivity contribution in [2.75, 3.05) is 7.11 Å². The Bertz CT molecular complexity index is 1150. The molecule has 0 saturated carbocycles. The molecule has 0 atom stereocenters. The first-order chi connectivity index (χ1) is 12.6. The molecule has 0 aliphatic heterocycles. The van der Waals surface area contributed by atoms with Gasteiger partial charge in [0.15, 0.2) is 0 Å². The van der Waals surface area contributed by atoms with Gasteiger partial charge in [-0.05, 0) is 43.3 Å². The van der Waals surface area contributed by atoms with Gasteiger partial charge in [0.25, 0.3) is 0 Å². The standard InChI is InChI=1S/C20H15NO4S/c1-11-19(20(22)23)15-6-4-13(10-18(15)26-11)25-17-7-8-21-16-9-12(24-2)3-5-14(16)17/h3-10H,1-2H3,(H,22,23). The van der Waals surface area contributed by atoms with Gasteiger partial charge in [-0.3, -0.25) is 4.98 Å². The first-order valence-corrected chi connectivity index (χ1v) is 8.75. The third kappa shape index (κ3) is 2.74. The number of methoxy groups -OCH3 is 1. The van der Waals surface area contributed by atoms with Gasteiger partial charge in [0, 0.05) is 32.6 Å². The summed E-state index contributed by atoms with van der Waals surface area (Å²) in [6, 6.07) is 12.9. The molecule has 0 fully saturated rings. The summed E-state index contributed by atoms with van der Waals surface area (Å²) in [4.78, 5) is 16.6. The van der Waals surface area contributed by atoms with E-state index in [1.165, 1.54) is 11.3 Å². The summed E-state index contributed by atoms with van der Waals surface area (Å²) >= 11 is 1.45. The topological polar surface area (TPSA) is 68.7 Å². The highest BCUT2D eigenvalue weighted by Gasteiger charge is 2.16. The Morgan fingerprint density at radius 2 is 1.85 bits per heavy atom. The van der Waals surface area contributed by atoms with Gasteiger partial charge in [-0.25, -0.2) is 4.79 Å². The molecule has 0 spiro atoms. The molecule has 26 heavy (non-hydrogen) atoms. The zero-order valence-corrected chi connectivity index (χ0v) is 15.0. The monoisotopic (exact) mass is 365 g/mol. The van der Waals surface area contributed by atoms with Crippen molar-refractivity contribution in [3.05, 3.63) is 59.1 Å². The number of carbonyl (C=O) groups is 1. The number of thiophene rings is 1. The molecule has 0 saturated heterocycles. The van der Waals surface area contributed by atoms with Gasteiger partial charge in [0.1, 0.15) is 17.2 Å². The van der Waals surface area contributed by atoms with E-state index in [0.29, 0.717) is 17.1 Å². The second-order valence-corrected chi connectivity index (χ2v) is 7.05. The second kappa shape index (κ2) is 6.31. The maximum absolute atomic E-state index is 11.4. The lowest BCUT2D eigenvalue weighted by Crippen LogP contribution is -1.96. The number of rotatable bonds is 4. The van der Waals surface area contributed by atoms with Crippen molar-refractivity contribution < 1.29 is 19.4 Å². The molecular weight excluding hydrogens is 350 g/mol. The lowest BCUT2D eigenvalue weighted by molar-refractivity contribution is 0.0699. The van der Waals surface area contributed by atoms with Gasteiger partial charge in [0.2, 0.25) is 0 Å². The predicted molar refractivity (Wildman–Crippen MR) is 102 cm³/mol. The number of hydrogen-bond acceptors (Lipinski definition) is 5. The van der Waals surface area contributed by atoms with Gasteiger partial charge in [-0.1, -0.05) is 0 Å². The molecular formula is C20H15NO4S. The van der Waals surface area contributed by atoms with Crippen LogP contribution in [0.25, 0.3) is 21.0 Å². The number of hydrogen-bond donors (Lipinski definition) is 1. The Balaban J connectivity index is 1.76. The summed E-state index contributed by atoms with van der Waals surface area (Å²) in [5.41, 5.74) is 1.14. The van der Waals surface area contributed by atoms with Crippen molar-refractivity contribution >= 4 is 38.3 Å². The van der Waals surface area contributed by atoms with Crippen LogP contribution in [0.4, 0.5) is 0 Å². The van der Waals surface area contributed by atoms with E-state index in [9.17, 15) is 9.90 Å². The Kier molecular flexibility index (Phi) is 3.97. The van der Waals surface area contributed by atoms with Crippen LogP contribution in [0.15, 0.2) is 48.7 Å². The van der Waals surface area contributed by atoms with Crippen LogP contribution in [-0.2, 0) is 0 Å². The third-order valence-electron chi connectivity index (χ3n) is 4.19. The van der Waals surface area contributed by atoms with Gasteiger partial charge in [0.05, 0.1) is 18.2 Å². The average Bonchev–Trinajstić information content (AvgIpc) is 2.96. The van der Waals surface area contributed by atoms with Crippen LogP contribution in [0.5, 0.6) is 17.2 Å². The zero-order valence-electron chi connectivity index (χ0n) is 14.1. The van der Waals surface area contributed by atoms with Crippen LogP contribution in [-0.4, -0.2) is 23.2 Å². The molecule has 0 aliphatic carbocycles. The van der Waals surface area contributed by atoms with E-state index in [4.69, 9.17) is 9.47 Å². The Morgan fingerprint density at radius 3 is 2.62 bits per heavy atom. The normalized spacial score (nSPS) is 11.0. The molecule has 2 aromatic heterocycles. The van der Waals surface area contributed by atoms with Gasteiger partial charge in [-0.2, -0.15) is 0 Å². The first kappa shape index (κ1) is 16.4. The molecule has 2 heterocycles. The highest BCUT2D eigenvalue weighted by molar-refractivity contribution is 7.19. The molecule has 0 unspecified atom stereocenters. The fourth-order valence-corrected chi connectivity index (χ4v) is 4.06. The summed E-state index contributed by atoms with van der Waals surface area (Å²) in [7, 11) is 1.62. The third-order valence-corrected chi connectivity index (χ3v) is 5.26. The number of benzene rings is 2. The summed E-state index contributed by atoms with van der Waals surface area (Å²) < 4.78 is 12.2. The van der Waals surface area contributed by atoms with E-state index in [0.717, 1.165) is 31.6 Å². The lowest BCUT2D eigenvalue weighted by atomic mass is 10.1. The number of pyridine rings is 1. The van der Waals surface area contributed by atoms with Crippen molar-refractivity contribution in [1.82, 2.24) is 4.98 Å². The van der Waals surface area contributed by atoms with Crippen LogP contribution < -0.4 is 9.47 Å². The summed E-state index contributed by atoms with van der Waals surface area (Å²) in [6.07, 6.45) is 1.69. The quantitative estimate of drug-likeness (QED) is 0.534. The number of carboxylic acids is 1. The predicted octanol–water partition coefficient (Wildman–Crippen LogP) is 5.26. The van der Waals surface area contributed by atoms with Gasteiger partial charge in [-0.15, -0.1) is 11.3 Å². The number of fused-ring (bicyclic) bond motifs is 2. The molecule has 130 valence electrons. The summed E-state index contributed by atoms with van der Waals surface area (Å²) in [6.45, 7) is 1.82. The van der Waals surface area contributed by atoms with Crippen molar-refractivity contribution in [2.45, 2.75) is 6.92 Å². The molecule has 5 nitrogen and oxygen atoms in total. The lowest BCUT2D eigenvalue weighted by Gasteiger charge is -2.09. The summed E-state index contributed by atoms with van der Waals surface area (Å²) in [5, 5.41) is 11.0. The molecule has 0 bridgehead atoms. The number of carboxylic acid groups (broad SMARTS) is 1. The molecule has 0 aliphatic rings. The molecule has 0 radical (unpaired) electrons. The first-order valence-electron chi connectivity index (χ1n) is 7.94. The number of nitrogens with zero attached hydrogens (tertiary/aromatic N) is 1. The SMILES string of the molecule is COc1ccc2c(Oc3ccc4c(C(=O)O)c(C)sc4c3)ccnc2c1. The summed E-state index contributed by atoms with van der Waals surface area (Å²) in [5.74, 6) is 1.16. The smallest absolute Gasteiger partial charge is 0.337 e. The number of ether oxygens (including phenoxy) is 2. The molecule has 6 heteroatoms. The zero-order chi connectivity index (χ0) is 18.3. The van der Waals surface area contributed by atoms with Crippen molar-refractivity contribution in [3.8, 4) is 17.2 Å². The van der Waals surface area contributed by atoms with Crippen LogP contribution in [0, 0.1) is 6.92 Å². The maximum atomic E-state index is 11.4. The Hall–Kier alpha value is -3.12. The number of aryl methyl sites for hydroxylation is 1. The minimum absolute atomic E-state index is 0.359. The minimum atomic E-state index is -0.906. The van der Waals surface area contributed by atoms with Gasteiger partial charge < -0.3 is 14.6 Å². The minimum Gasteiger partial charge on any atom is -0.497 e. The Morgan fingerprint density at radius 1 is 1.08 bits per heavy atom. The molecule has 1 N–H and O–H groups in total. The van der Waals surface area contributed by atoms with Gasteiger partial charge >= 0.3 is 5.97 Å². The van der Waals surface area contributed by atoms with Crippen LogP contribution in [0.1, 0.15) is 15.2 Å². The van der Waals surface area contributed by atoms with E-state index >= 15 is 0 Å². The van der Waals surface area contributed by atoms with E-state index < -0.39 is 5.97 Å². The van der Waals surface area contributed by atoms with E-state index in [1.807, 2.05) is 31.2 Å². The van der Waals surface area contributed by atoms with Crippen molar-refractivity contribution in [3.63, 3.8) is 0 Å². The number of aromatic carboxylic acids is 1. The number of aromatic nitrogens is 1. The molecule has 4 aromatic rings. The second-order valence-electron chi connectivity index (χ2n) is 5.79. The fraction of sp³-hybridized carbons (Fsp3) is 0.100. The average molecular weight is 365 g/mol.